The van der Waals surface area contributed by atoms with Crippen LogP contribution in [0.1, 0.15) is 50.0 Å². The molecule has 2 amide bonds. The van der Waals surface area contributed by atoms with Crippen LogP contribution in [-0.2, 0) is 19.6 Å². The molecule has 1 aliphatic heterocycles. The van der Waals surface area contributed by atoms with Crippen LogP contribution >= 0.6 is 11.6 Å². The number of hydrogen-bond donors (Lipinski definition) is 2. The summed E-state index contributed by atoms with van der Waals surface area (Å²) in [6.45, 7) is 0. The molecule has 2 N–H and O–H groups in total. The highest BCUT2D eigenvalue weighted by Crippen LogP contribution is 2.48. The number of rotatable bonds is 7. The number of nitrogens with one attached hydrogen (secondary N) is 2. The van der Waals surface area contributed by atoms with Crippen molar-refractivity contribution in [3.8, 4) is 0 Å². The molecule has 3 aromatic rings. The van der Waals surface area contributed by atoms with E-state index >= 15 is 0 Å². The molecule has 2 aromatic carbocycles. The van der Waals surface area contributed by atoms with Gasteiger partial charge in [0, 0.05) is 29.0 Å². The second-order valence-electron chi connectivity index (χ2n) is 10.3. The van der Waals surface area contributed by atoms with Crippen LogP contribution in [0.2, 0.25) is 5.02 Å². The molecule has 12 heteroatoms. The van der Waals surface area contributed by atoms with Gasteiger partial charge in [-0.2, -0.15) is 0 Å². The molecule has 8 nitrogen and oxygen atoms in total. The summed E-state index contributed by atoms with van der Waals surface area (Å²) in [6.07, 6.45) is 5.08. The Bertz CT molecular complexity index is 1570. The van der Waals surface area contributed by atoms with Crippen molar-refractivity contribution in [2.24, 2.45) is 0 Å². The van der Waals surface area contributed by atoms with Crippen molar-refractivity contribution in [3.05, 3.63) is 89.1 Å². The van der Waals surface area contributed by atoms with E-state index in [9.17, 15) is 26.8 Å². The molecule has 216 valence electrons. The second kappa shape index (κ2) is 11.7. The highest BCUT2D eigenvalue weighted by atomic mass is 35.5. The number of sulfonamides is 1. The van der Waals surface area contributed by atoms with Gasteiger partial charge in [0.15, 0.2) is 5.54 Å². The highest BCUT2D eigenvalue weighted by molar-refractivity contribution is 7.93. The summed E-state index contributed by atoms with van der Waals surface area (Å²) < 4.78 is 56.7. The van der Waals surface area contributed by atoms with Crippen molar-refractivity contribution in [2.45, 2.75) is 56.0 Å². The van der Waals surface area contributed by atoms with Gasteiger partial charge < -0.3 is 10.6 Å². The first-order chi connectivity index (χ1) is 19.6. The first-order valence-corrected chi connectivity index (χ1v) is 15.4. The van der Waals surface area contributed by atoms with Crippen LogP contribution < -0.4 is 14.9 Å². The quantitative estimate of drug-likeness (QED) is 0.388. The SMILES string of the molecule is O=C(NC1CCCCC1)[C@@H](c1ccccc1Cl)C1(C(=O)Nc2cccc(F)c2)CCS(=O)(=O)N1c1cc(F)ccn1. The second-order valence-corrected chi connectivity index (χ2v) is 12.7. The normalized spacial score (nSPS) is 21.3. The van der Waals surface area contributed by atoms with Gasteiger partial charge in [-0.25, -0.2) is 26.5 Å². The van der Waals surface area contributed by atoms with Gasteiger partial charge in [-0.3, -0.25) is 9.59 Å². The molecule has 1 saturated heterocycles. The van der Waals surface area contributed by atoms with Gasteiger partial charge in [0.1, 0.15) is 17.5 Å². The Labute approximate surface area is 242 Å². The third-order valence-corrected chi connectivity index (χ3v) is 9.81. The van der Waals surface area contributed by atoms with E-state index in [2.05, 4.69) is 15.6 Å². The zero-order chi connectivity index (χ0) is 29.2. The molecular formula is C29H29ClF2N4O4S. The summed E-state index contributed by atoms with van der Waals surface area (Å²) in [4.78, 5) is 32.8. The summed E-state index contributed by atoms with van der Waals surface area (Å²) in [6, 6.07) is 13.3. The lowest BCUT2D eigenvalue weighted by Gasteiger charge is -2.42. The fourth-order valence-electron chi connectivity index (χ4n) is 5.84. The Balaban J connectivity index is 1.73. The number of anilines is 2. The Morgan fingerprint density at radius 2 is 1.73 bits per heavy atom. The number of aromatic nitrogens is 1. The lowest BCUT2D eigenvalue weighted by Crippen LogP contribution is -2.62. The summed E-state index contributed by atoms with van der Waals surface area (Å²) in [5.41, 5.74) is -1.90. The average Bonchev–Trinajstić information content (AvgIpc) is 3.22. The van der Waals surface area contributed by atoms with E-state index in [1.807, 2.05) is 0 Å². The lowest BCUT2D eigenvalue weighted by molar-refractivity contribution is -0.130. The van der Waals surface area contributed by atoms with Gasteiger partial charge in [0.25, 0.3) is 5.91 Å². The third-order valence-electron chi connectivity index (χ3n) is 7.68. The van der Waals surface area contributed by atoms with Crippen molar-refractivity contribution in [2.75, 3.05) is 15.4 Å². The Morgan fingerprint density at radius 3 is 2.44 bits per heavy atom. The van der Waals surface area contributed by atoms with Gasteiger partial charge in [0.05, 0.1) is 11.7 Å². The van der Waals surface area contributed by atoms with E-state index in [0.29, 0.717) is 0 Å². The maximum atomic E-state index is 14.5. The maximum Gasteiger partial charge on any atom is 0.252 e. The zero-order valence-corrected chi connectivity index (χ0v) is 23.6. The third kappa shape index (κ3) is 5.78. The van der Waals surface area contributed by atoms with Gasteiger partial charge >= 0.3 is 0 Å². The van der Waals surface area contributed by atoms with Crippen LogP contribution in [0.25, 0.3) is 0 Å². The fourth-order valence-corrected chi connectivity index (χ4v) is 7.99. The number of halogens is 3. The summed E-state index contributed by atoms with van der Waals surface area (Å²) in [7, 11) is -4.30. The largest absolute Gasteiger partial charge is 0.353 e. The molecule has 0 radical (unpaired) electrons. The molecule has 1 aromatic heterocycles. The van der Waals surface area contributed by atoms with Crippen molar-refractivity contribution >= 4 is 44.9 Å². The topological polar surface area (TPSA) is 108 Å². The van der Waals surface area contributed by atoms with Crippen LogP contribution in [-0.4, -0.2) is 42.5 Å². The van der Waals surface area contributed by atoms with E-state index in [0.717, 1.165) is 60.8 Å². The summed E-state index contributed by atoms with van der Waals surface area (Å²) in [5.74, 6) is -5.26. The standard InChI is InChI=1S/C29H29ClF2N4O4S/c30-24-12-5-4-11-23(24)26(27(37)34-21-8-2-1-3-9-21)29(28(38)35-22-10-6-7-19(31)17-22)14-16-41(39,40)36(29)25-18-20(32)13-15-33-25/h4-7,10-13,15,17-18,21,26H,1-3,8-9,14,16H2,(H,34,37)(H,35,38)/t26-,29?/m1/s1. The molecule has 2 aliphatic rings. The monoisotopic (exact) mass is 602 g/mol. The minimum Gasteiger partial charge on any atom is -0.353 e. The predicted octanol–water partition coefficient (Wildman–Crippen LogP) is 5.16. The molecule has 1 aliphatic carbocycles. The van der Waals surface area contributed by atoms with Crippen LogP contribution in [0.15, 0.2) is 66.9 Å². The van der Waals surface area contributed by atoms with Crippen molar-refractivity contribution < 1.29 is 26.8 Å². The molecule has 0 bridgehead atoms. The number of carbonyl (C=O) groups excluding carboxylic acids is 2. The first kappa shape index (κ1) is 28.9. The number of hydrogen-bond acceptors (Lipinski definition) is 5. The predicted molar refractivity (Wildman–Crippen MR) is 152 cm³/mol. The van der Waals surface area contributed by atoms with Gasteiger partial charge in [-0.05, 0) is 55.2 Å². The smallest absolute Gasteiger partial charge is 0.252 e. The molecule has 2 heterocycles. The maximum absolute atomic E-state index is 14.5. The molecule has 2 fully saturated rings. The number of nitrogens with zero attached hydrogens (tertiary/aromatic N) is 2. The highest BCUT2D eigenvalue weighted by Gasteiger charge is 2.63. The molecule has 41 heavy (non-hydrogen) atoms. The number of amides is 2. The minimum atomic E-state index is -4.30. The zero-order valence-electron chi connectivity index (χ0n) is 22.0. The first-order valence-electron chi connectivity index (χ1n) is 13.4. The van der Waals surface area contributed by atoms with Crippen LogP contribution in [0.3, 0.4) is 0 Å². The fraction of sp³-hybridized carbons (Fsp3) is 0.345. The Kier molecular flexibility index (Phi) is 8.28. The molecule has 5 rings (SSSR count). The Morgan fingerprint density at radius 1 is 1.00 bits per heavy atom. The number of carbonyl (C=O) groups is 2. The van der Waals surface area contributed by atoms with E-state index in [4.69, 9.17) is 11.6 Å². The summed E-state index contributed by atoms with van der Waals surface area (Å²) >= 11 is 6.62. The van der Waals surface area contributed by atoms with Crippen molar-refractivity contribution in [1.29, 1.82) is 0 Å². The number of benzene rings is 2. The molecule has 1 unspecified atom stereocenters. The molecular weight excluding hydrogens is 574 g/mol. The van der Waals surface area contributed by atoms with E-state index in [1.54, 1.807) is 24.3 Å². The van der Waals surface area contributed by atoms with Crippen LogP contribution in [0, 0.1) is 11.6 Å². The molecule has 0 spiro atoms. The minimum absolute atomic E-state index is 0.0522. The van der Waals surface area contributed by atoms with E-state index in [1.165, 1.54) is 18.2 Å². The van der Waals surface area contributed by atoms with Gasteiger partial charge in [-0.15, -0.1) is 0 Å². The van der Waals surface area contributed by atoms with Crippen LogP contribution in [0.4, 0.5) is 20.3 Å². The van der Waals surface area contributed by atoms with Crippen molar-refractivity contribution in [1.82, 2.24) is 10.3 Å². The lowest BCUT2D eigenvalue weighted by atomic mass is 9.75. The van der Waals surface area contributed by atoms with Crippen molar-refractivity contribution in [3.63, 3.8) is 0 Å². The average molecular weight is 603 g/mol. The van der Waals surface area contributed by atoms with Crippen LogP contribution in [0.5, 0.6) is 0 Å². The van der Waals surface area contributed by atoms with Gasteiger partial charge in [-0.1, -0.05) is 55.1 Å². The molecule has 1 saturated carbocycles. The van der Waals surface area contributed by atoms with Gasteiger partial charge in [0.2, 0.25) is 15.9 Å². The summed E-state index contributed by atoms with van der Waals surface area (Å²) in [5, 5.41) is 5.79. The molecule has 2 atom stereocenters. The number of pyridine rings is 1. The Hall–Kier alpha value is -3.57. The van der Waals surface area contributed by atoms with E-state index < -0.39 is 50.7 Å². The van der Waals surface area contributed by atoms with E-state index in [-0.39, 0.29) is 34.6 Å².